The standard InChI is InChI=1S/C33H20N4O/c1-3-11-21(12-4-1)31-34-32(22-13-5-2-6-14-22)36-33(35-31)37-27-17-9-7-15-23(27)25-19-20-26-24-16-8-10-18-28(24)38-30(26)29(25)37/h1-20H/i7D,8D,9D,10D,15D,16D,17D,18D,19D,20D. The van der Waals surface area contributed by atoms with E-state index in [0.717, 1.165) is 0 Å². The van der Waals surface area contributed by atoms with E-state index in [4.69, 9.17) is 33.1 Å². The molecule has 0 spiro atoms. The van der Waals surface area contributed by atoms with Crippen LogP contribution < -0.4 is 0 Å². The Hall–Kier alpha value is -5.29. The third kappa shape index (κ3) is 3.09. The fraction of sp³-hybridized carbons (Fsp3) is 0. The van der Waals surface area contributed by atoms with Crippen molar-refractivity contribution in [2.24, 2.45) is 0 Å². The second-order valence-electron chi connectivity index (χ2n) is 8.56. The number of hydrogen-bond donors (Lipinski definition) is 0. The number of aromatic nitrogens is 4. The molecule has 8 aromatic rings. The quantitative estimate of drug-likeness (QED) is 0.246. The van der Waals surface area contributed by atoms with Gasteiger partial charge in [-0.25, -0.2) is 4.98 Å². The second kappa shape index (κ2) is 8.11. The van der Waals surface area contributed by atoms with Gasteiger partial charge in [-0.1, -0.05) is 103 Å². The molecule has 0 aliphatic rings. The molecule has 178 valence electrons. The maximum absolute atomic E-state index is 9.17. The summed E-state index contributed by atoms with van der Waals surface area (Å²) in [6, 6.07) is 13.3. The van der Waals surface area contributed by atoms with Gasteiger partial charge in [-0.15, -0.1) is 0 Å². The maximum Gasteiger partial charge on any atom is 0.238 e. The van der Waals surface area contributed by atoms with Crippen LogP contribution in [-0.2, 0) is 0 Å². The summed E-state index contributed by atoms with van der Waals surface area (Å²) >= 11 is 0. The van der Waals surface area contributed by atoms with Gasteiger partial charge in [-0.3, -0.25) is 4.57 Å². The lowest BCUT2D eigenvalue weighted by Gasteiger charge is -2.11. The lowest BCUT2D eigenvalue weighted by molar-refractivity contribution is 0.670. The van der Waals surface area contributed by atoms with E-state index in [2.05, 4.69) is 0 Å². The molecule has 0 unspecified atom stereocenters. The first-order chi connectivity index (χ1) is 23.0. The van der Waals surface area contributed by atoms with E-state index in [-0.39, 0.29) is 61.3 Å². The zero-order valence-corrected chi connectivity index (χ0v) is 19.5. The molecule has 0 radical (unpaired) electrons. The second-order valence-corrected chi connectivity index (χ2v) is 8.56. The van der Waals surface area contributed by atoms with Gasteiger partial charge in [0.25, 0.3) is 0 Å². The molecule has 5 heteroatoms. The molecule has 0 bridgehead atoms. The van der Waals surface area contributed by atoms with Crippen molar-refractivity contribution in [3.63, 3.8) is 0 Å². The SMILES string of the molecule is [2H]c1c([2H])c([2H])c2c(oc3c2c([2H])c([2H])c2c4c([2H])c([2H])c([2H])c([2H])c4n(-c4nc(-c5ccccc5)nc(-c5ccccc5)n4)c32)c1[2H]. The normalized spacial score (nSPS) is 15.4. The highest BCUT2D eigenvalue weighted by atomic mass is 16.3. The van der Waals surface area contributed by atoms with Gasteiger partial charge in [-0.05, 0) is 18.1 Å². The third-order valence-corrected chi connectivity index (χ3v) is 6.35. The smallest absolute Gasteiger partial charge is 0.238 e. The van der Waals surface area contributed by atoms with Gasteiger partial charge in [0.2, 0.25) is 5.95 Å². The summed E-state index contributed by atoms with van der Waals surface area (Å²) in [5.41, 5.74) is 0.828. The van der Waals surface area contributed by atoms with Gasteiger partial charge in [0.15, 0.2) is 17.2 Å². The minimum Gasteiger partial charge on any atom is -0.454 e. The maximum atomic E-state index is 9.17. The van der Waals surface area contributed by atoms with Crippen molar-refractivity contribution < 1.29 is 18.1 Å². The van der Waals surface area contributed by atoms with E-state index in [1.54, 1.807) is 24.3 Å². The van der Waals surface area contributed by atoms with Crippen LogP contribution in [0.25, 0.3) is 72.5 Å². The highest BCUT2D eigenvalue weighted by Crippen LogP contribution is 2.39. The van der Waals surface area contributed by atoms with Crippen LogP contribution in [0.15, 0.2) is 126 Å². The summed E-state index contributed by atoms with van der Waals surface area (Å²) in [6.07, 6.45) is 0. The molecule has 8 rings (SSSR count). The lowest BCUT2D eigenvalue weighted by Crippen LogP contribution is -2.06. The zero-order valence-electron chi connectivity index (χ0n) is 29.5. The molecule has 0 atom stereocenters. The van der Waals surface area contributed by atoms with Gasteiger partial charge >= 0.3 is 0 Å². The first-order valence-electron chi connectivity index (χ1n) is 16.7. The summed E-state index contributed by atoms with van der Waals surface area (Å²) in [5.74, 6) is 0.420. The number of fused-ring (bicyclic) bond motifs is 7. The van der Waals surface area contributed by atoms with E-state index in [1.807, 2.05) is 36.4 Å². The fourth-order valence-corrected chi connectivity index (χ4v) is 4.66. The number of nitrogens with zero attached hydrogens (tertiary/aromatic N) is 4. The molecule has 0 amide bonds. The molecule has 0 fully saturated rings. The Labute approximate surface area is 231 Å². The van der Waals surface area contributed by atoms with Crippen molar-refractivity contribution >= 4 is 43.7 Å². The van der Waals surface area contributed by atoms with Gasteiger partial charge in [0, 0.05) is 32.7 Å². The fourth-order valence-electron chi connectivity index (χ4n) is 4.66. The highest BCUT2D eigenvalue weighted by Gasteiger charge is 2.21. The number of furan rings is 1. The Balaban J connectivity index is 1.66. The summed E-state index contributed by atoms with van der Waals surface area (Å²) in [5, 5.41) is -0.293. The number of rotatable bonds is 3. The predicted octanol–water partition coefficient (Wildman–Crippen LogP) is 8.20. The van der Waals surface area contributed by atoms with Crippen LogP contribution in [0, 0.1) is 0 Å². The molecule has 3 heterocycles. The molecule has 0 aliphatic heterocycles. The van der Waals surface area contributed by atoms with E-state index in [0.29, 0.717) is 11.1 Å². The van der Waals surface area contributed by atoms with Crippen molar-refractivity contribution in [3.05, 3.63) is 121 Å². The number of para-hydroxylation sites is 2. The summed E-state index contributed by atoms with van der Waals surface area (Å²) in [6.45, 7) is 0. The van der Waals surface area contributed by atoms with Crippen molar-refractivity contribution in [2.75, 3.05) is 0 Å². The first-order valence-corrected chi connectivity index (χ1v) is 11.7. The Morgan fingerprint density at radius 3 is 1.89 bits per heavy atom. The molecule has 5 aromatic carbocycles. The molecule has 0 saturated heterocycles. The van der Waals surface area contributed by atoms with E-state index < -0.39 is 60.4 Å². The van der Waals surface area contributed by atoms with Crippen LogP contribution in [0.3, 0.4) is 0 Å². The predicted molar refractivity (Wildman–Crippen MR) is 152 cm³/mol. The lowest BCUT2D eigenvalue weighted by atomic mass is 10.1. The Morgan fingerprint density at radius 2 is 1.18 bits per heavy atom. The minimum absolute atomic E-state index is 0.00489. The molecule has 5 nitrogen and oxygen atoms in total. The molecule has 38 heavy (non-hydrogen) atoms. The van der Waals surface area contributed by atoms with Crippen molar-refractivity contribution in [1.29, 1.82) is 0 Å². The molecule has 0 saturated carbocycles. The molecule has 3 aromatic heterocycles. The van der Waals surface area contributed by atoms with Crippen LogP contribution in [0.2, 0.25) is 0 Å². The third-order valence-electron chi connectivity index (χ3n) is 6.35. The van der Waals surface area contributed by atoms with Crippen LogP contribution >= 0.6 is 0 Å². The Morgan fingerprint density at radius 1 is 0.579 bits per heavy atom. The average molecular weight is 499 g/mol. The van der Waals surface area contributed by atoms with Crippen molar-refractivity contribution in [3.8, 4) is 28.7 Å². The first kappa shape index (κ1) is 13.3. The summed E-state index contributed by atoms with van der Waals surface area (Å²) in [7, 11) is 0. The van der Waals surface area contributed by atoms with Crippen LogP contribution in [0.5, 0.6) is 0 Å². The monoisotopic (exact) mass is 498 g/mol. The molecule has 0 N–H and O–H groups in total. The van der Waals surface area contributed by atoms with Crippen LogP contribution in [-0.4, -0.2) is 19.5 Å². The van der Waals surface area contributed by atoms with E-state index in [9.17, 15) is 0 Å². The Kier molecular flexibility index (Phi) is 2.84. The van der Waals surface area contributed by atoms with Crippen molar-refractivity contribution in [1.82, 2.24) is 19.5 Å². The Bertz CT molecular complexity index is 2620. The average Bonchev–Trinajstić information content (AvgIpc) is 3.69. The molecular formula is C33H20N4O. The molecule has 0 aliphatic carbocycles. The molecular weight excluding hydrogens is 468 g/mol. The summed E-state index contributed by atoms with van der Waals surface area (Å²) < 4.78 is 94.3. The topological polar surface area (TPSA) is 56.7 Å². The van der Waals surface area contributed by atoms with E-state index in [1.165, 1.54) is 4.57 Å². The number of benzene rings is 5. The van der Waals surface area contributed by atoms with Gasteiger partial charge in [0.05, 0.1) is 19.2 Å². The zero-order chi connectivity index (χ0) is 33.8. The number of hydrogen-bond acceptors (Lipinski definition) is 4. The van der Waals surface area contributed by atoms with Crippen molar-refractivity contribution in [2.45, 2.75) is 0 Å². The van der Waals surface area contributed by atoms with Gasteiger partial charge in [0.1, 0.15) is 11.1 Å². The van der Waals surface area contributed by atoms with Crippen LogP contribution in [0.4, 0.5) is 0 Å². The van der Waals surface area contributed by atoms with Gasteiger partial charge < -0.3 is 4.42 Å². The van der Waals surface area contributed by atoms with E-state index >= 15 is 0 Å². The minimum atomic E-state index is -0.549. The van der Waals surface area contributed by atoms with Crippen LogP contribution in [0.1, 0.15) is 13.7 Å². The highest BCUT2D eigenvalue weighted by molar-refractivity contribution is 6.21. The summed E-state index contributed by atoms with van der Waals surface area (Å²) in [4.78, 5) is 14.3. The largest absolute Gasteiger partial charge is 0.454 e. The van der Waals surface area contributed by atoms with Gasteiger partial charge in [-0.2, -0.15) is 9.97 Å².